The Balaban J connectivity index is 1.44. The molecule has 2 amide bonds. The highest BCUT2D eigenvalue weighted by Gasteiger charge is 2.33. The lowest BCUT2D eigenvalue weighted by Crippen LogP contribution is -2.27. The van der Waals surface area contributed by atoms with Crippen LogP contribution in [0.2, 0.25) is 5.02 Å². The number of nitrogens with one attached hydrogen (secondary N) is 1. The van der Waals surface area contributed by atoms with Crippen molar-refractivity contribution in [3.8, 4) is 11.5 Å². The Bertz CT molecular complexity index is 1400. The quantitative estimate of drug-likeness (QED) is 0.215. The summed E-state index contributed by atoms with van der Waals surface area (Å²) >= 11 is 16.2. The molecule has 1 fully saturated rings. The molecule has 3 aromatic rings. The molecule has 0 atom stereocenters. The summed E-state index contributed by atoms with van der Waals surface area (Å²) in [7, 11) is 1.51. The summed E-state index contributed by atoms with van der Waals surface area (Å²) in [5, 5.41) is 3.30. The fourth-order valence-corrected chi connectivity index (χ4v) is 5.24. The molecule has 1 N–H and O–H groups in total. The minimum absolute atomic E-state index is 0.181. The maximum atomic E-state index is 13.1. The van der Waals surface area contributed by atoms with Gasteiger partial charge in [-0.1, -0.05) is 60.7 Å². The Kier molecular flexibility index (Phi) is 8.91. The van der Waals surface area contributed by atoms with Gasteiger partial charge in [0.15, 0.2) is 22.4 Å². The molecule has 0 saturated carbocycles. The zero-order valence-electron chi connectivity index (χ0n) is 19.9. The van der Waals surface area contributed by atoms with Gasteiger partial charge in [0.1, 0.15) is 0 Å². The van der Waals surface area contributed by atoms with Gasteiger partial charge < -0.3 is 14.8 Å². The minimum Gasteiger partial charge on any atom is -0.493 e. The normalized spacial score (nSPS) is 14.3. The lowest BCUT2D eigenvalue weighted by molar-refractivity contribution is -0.118. The molecule has 0 aromatic heterocycles. The number of anilines is 2. The molecule has 1 aliphatic heterocycles. The monoisotopic (exact) mass is 616 g/mol. The van der Waals surface area contributed by atoms with Crippen LogP contribution in [0.1, 0.15) is 18.1 Å². The number of hydrogen-bond donors (Lipinski definition) is 1. The van der Waals surface area contributed by atoms with Crippen molar-refractivity contribution in [2.45, 2.75) is 13.3 Å². The second-order valence-electron chi connectivity index (χ2n) is 7.91. The van der Waals surface area contributed by atoms with Crippen LogP contribution in [-0.2, 0) is 16.0 Å². The Morgan fingerprint density at radius 1 is 1.14 bits per heavy atom. The van der Waals surface area contributed by atoms with E-state index in [9.17, 15) is 9.59 Å². The maximum absolute atomic E-state index is 13.1. The van der Waals surface area contributed by atoms with Crippen LogP contribution in [0.3, 0.4) is 0 Å². The molecule has 1 aliphatic rings. The third-order valence-electron chi connectivity index (χ3n) is 5.45. The van der Waals surface area contributed by atoms with Gasteiger partial charge in [-0.2, -0.15) is 0 Å². The molecule has 10 heteroatoms. The molecule has 4 rings (SSSR count). The van der Waals surface area contributed by atoms with Crippen molar-refractivity contribution < 1.29 is 19.1 Å². The average molecular weight is 618 g/mol. The number of rotatable bonds is 8. The van der Waals surface area contributed by atoms with Gasteiger partial charge in [0, 0.05) is 10.2 Å². The van der Waals surface area contributed by atoms with E-state index in [-0.39, 0.29) is 18.4 Å². The zero-order chi connectivity index (χ0) is 26.5. The molecule has 0 radical (unpaired) electrons. The zero-order valence-corrected chi connectivity index (χ0v) is 23.9. The Morgan fingerprint density at radius 3 is 2.57 bits per heavy atom. The van der Waals surface area contributed by atoms with Gasteiger partial charge in [0.05, 0.1) is 22.7 Å². The van der Waals surface area contributed by atoms with Gasteiger partial charge in [-0.15, -0.1) is 0 Å². The Hall–Kier alpha value is -2.85. The molecule has 3 aromatic carbocycles. The number of halogens is 2. The second kappa shape index (κ2) is 12.1. The van der Waals surface area contributed by atoms with E-state index in [1.165, 1.54) is 29.3 Å². The van der Waals surface area contributed by atoms with Crippen LogP contribution in [-0.4, -0.2) is 29.9 Å². The van der Waals surface area contributed by atoms with Gasteiger partial charge in [0.25, 0.3) is 11.8 Å². The third kappa shape index (κ3) is 6.54. The van der Waals surface area contributed by atoms with E-state index < -0.39 is 0 Å². The minimum atomic E-state index is -0.285. The van der Waals surface area contributed by atoms with Crippen LogP contribution in [0.25, 0.3) is 6.08 Å². The first-order valence-electron chi connectivity index (χ1n) is 11.2. The number of aryl methyl sites for hydroxylation is 1. The van der Waals surface area contributed by atoms with Crippen molar-refractivity contribution in [2.24, 2.45) is 0 Å². The molecule has 190 valence electrons. The highest BCUT2D eigenvalue weighted by molar-refractivity contribution is 9.10. The van der Waals surface area contributed by atoms with Crippen molar-refractivity contribution >= 4 is 85.1 Å². The van der Waals surface area contributed by atoms with Crippen molar-refractivity contribution in [3.63, 3.8) is 0 Å². The first-order chi connectivity index (χ1) is 17.8. The second-order valence-corrected chi connectivity index (χ2v) is 10.9. The molecular weight excluding hydrogens is 596 g/mol. The lowest BCUT2D eigenvalue weighted by Gasteiger charge is -2.15. The van der Waals surface area contributed by atoms with E-state index in [0.717, 1.165) is 16.5 Å². The summed E-state index contributed by atoms with van der Waals surface area (Å²) in [4.78, 5) is 27.4. The van der Waals surface area contributed by atoms with Gasteiger partial charge >= 0.3 is 0 Å². The highest BCUT2D eigenvalue weighted by atomic mass is 79.9. The molecule has 1 heterocycles. The number of thioether (sulfide) groups is 1. The van der Waals surface area contributed by atoms with Crippen molar-refractivity contribution in [3.05, 3.63) is 86.2 Å². The SMILES string of the molecule is CCc1ccc(NC(=O)COc2ccc(/C=C3\SC(=S)N(c4ccc(Br)c(Cl)c4)C3=O)cc2OC)cc1. The topological polar surface area (TPSA) is 67.9 Å². The summed E-state index contributed by atoms with van der Waals surface area (Å²) in [5.74, 6) is 0.320. The largest absolute Gasteiger partial charge is 0.493 e. The molecular formula is C27H22BrClN2O4S2. The van der Waals surface area contributed by atoms with E-state index in [1.54, 1.807) is 42.5 Å². The molecule has 37 heavy (non-hydrogen) atoms. The van der Waals surface area contributed by atoms with Gasteiger partial charge in [-0.05, 0) is 82.0 Å². The highest BCUT2D eigenvalue weighted by Crippen LogP contribution is 2.38. The fourth-order valence-electron chi connectivity index (χ4n) is 3.52. The van der Waals surface area contributed by atoms with Crippen LogP contribution in [0.15, 0.2) is 70.0 Å². The number of thiocarbonyl (C=S) groups is 1. The average Bonchev–Trinajstić information content (AvgIpc) is 3.17. The van der Waals surface area contributed by atoms with E-state index in [2.05, 4.69) is 28.2 Å². The predicted molar refractivity (Wildman–Crippen MR) is 158 cm³/mol. The summed E-state index contributed by atoms with van der Waals surface area (Å²) in [5.41, 5.74) is 3.22. The lowest BCUT2D eigenvalue weighted by atomic mass is 10.1. The van der Waals surface area contributed by atoms with E-state index in [1.807, 2.05) is 24.3 Å². The molecule has 1 saturated heterocycles. The predicted octanol–water partition coefficient (Wildman–Crippen LogP) is 7.10. The Labute approximate surface area is 238 Å². The molecule has 0 spiro atoms. The van der Waals surface area contributed by atoms with Gasteiger partial charge in [-0.25, -0.2) is 0 Å². The van der Waals surface area contributed by atoms with Gasteiger partial charge in [0.2, 0.25) is 0 Å². The number of methoxy groups -OCH3 is 1. The summed E-state index contributed by atoms with van der Waals surface area (Å²) in [6.07, 6.45) is 2.67. The fraction of sp³-hybridized carbons (Fsp3) is 0.148. The first kappa shape index (κ1) is 27.2. The summed E-state index contributed by atoms with van der Waals surface area (Å²) < 4.78 is 12.3. The van der Waals surface area contributed by atoms with E-state index in [0.29, 0.717) is 37.1 Å². The first-order valence-corrected chi connectivity index (χ1v) is 13.6. The van der Waals surface area contributed by atoms with Crippen molar-refractivity contribution in [2.75, 3.05) is 23.9 Å². The maximum Gasteiger partial charge on any atom is 0.270 e. The van der Waals surface area contributed by atoms with Crippen LogP contribution < -0.4 is 19.7 Å². The van der Waals surface area contributed by atoms with Crippen LogP contribution in [0.5, 0.6) is 11.5 Å². The van der Waals surface area contributed by atoms with E-state index in [4.69, 9.17) is 33.3 Å². The van der Waals surface area contributed by atoms with Crippen LogP contribution in [0.4, 0.5) is 11.4 Å². The number of ether oxygens (including phenoxy) is 2. The van der Waals surface area contributed by atoms with Gasteiger partial charge in [-0.3, -0.25) is 14.5 Å². The molecule has 0 aliphatic carbocycles. The summed E-state index contributed by atoms with van der Waals surface area (Å²) in [6.45, 7) is 1.89. The molecule has 6 nitrogen and oxygen atoms in total. The van der Waals surface area contributed by atoms with Crippen LogP contribution >= 0.6 is 51.5 Å². The number of amides is 2. The number of nitrogens with zero attached hydrogens (tertiary/aromatic N) is 1. The van der Waals surface area contributed by atoms with Crippen molar-refractivity contribution in [1.82, 2.24) is 0 Å². The summed E-state index contributed by atoms with van der Waals surface area (Å²) in [6, 6.07) is 18.1. The van der Waals surface area contributed by atoms with E-state index >= 15 is 0 Å². The number of carbonyl (C=O) groups excluding carboxylic acids is 2. The Morgan fingerprint density at radius 2 is 1.89 bits per heavy atom. The molecule has 0 unspecified atom stereocenters. The number of benzene rings is 3. The standard InChI is InChI=1S/C27H22BrClN2O4S2/c1-3-16-4-7-18(8-5-16)30-25(32)15-35-22-11-6-17(12-23(22)34-2)13-24-26(33)31(27(36)37-24)19-9-10-20(28)21(29)14-19/h4-14H,3,15H2,1-2H3,(H,30,32)/b24-13-. The smallest absolute Gasteiger partial charge is 0.270 e. The van der Waals surface area contributed by atoms with Crippen LogP contribution in [0, 0.1) is 0 Å². The molecule has 0 bridgehead atoms. The number of hydrogen-bond acceptors (Lipinski definition) is 6. The third-order valence-corrected chi connectivity index (χ3v) is 7.98. The van der Waals surface area contributed by atoms with Crippen molar-refractivity contribution in [1.29, 1.82) is 0 Å². The number of carbonyl (C=O) groups is 2.